The lowest BCUT2D eigenvalue weighted by Gasteiger charge is -2.07. The molecule has 2 nitrogen and oxygen atoms in total. The van der Waals surface area contributed by atoms with E-state index in [1.54, 1.807) is 30.3 Å². The quantitative estimate of drug-likeness (QED) is 0.826. The molecule has 88 valence electrons. The fourth-order valence-corrected chi connectivity index (χ4v) is 1.69. The highest BCUT2D eigenvalue weighted by molar-refractivity contribution is 6.33. The molecule has 17 heavy (non-hydrogen) atoms. The zero-order valence-corrected chi connectivity index (χ0v) is 9.96. The van der Waals surface area contributed by atoms with E-state index in [0.717, 1.165) is 0 Å². The first-order valence-electron chi connectivity index (χ1n) is 5.01. The van der Waals surface area contributed by atoms with Crippen LogP contribution < -0.4 is 10.5 Å². The second-order valence-electron chi connectivity index (χ2n) is 3.58. The van der Waals surface area contributed by atoms with E-state index >= 15 is 0 Å². The van der Waals surface area contributed by atoms with Gasteiger partial charge in [-0.3, -0.25) is 0 Å². The van der Waals surface area contributed by atoms with Crippen LogP contribution in [0.2, 0.25) is 5.02 Å². The average molecular weight is 252 g/mol. The molecule has 0 heterocycles. The molecule has 0 aromatic heterocycles. The Labute approximate surface area is 104 Å². The average Bonchev–Trinajstić information content (AvgIpc) is 2.32. The van der Waals surface area contributed by atoms with Gasteiger partial charge in [-0.15, -0.1) is 0 Å². The van der Waals surface area contributed by atoms with Crippen LogP contribution in [-0.4, -0.2) is 7.11 Å². The van der Waals surface area contributed by atoms with Gasteiger partial charge in [0.15, 0.2) is 0 Å². The summed E-state index contributed by atoms with van der Waals surface area (Å²) in [6.45, 7) is 0. The van der Waals surface area contributed by atoms with Gasteiger partial charge in [0.05, 0.1) is 17.8 Å². The topological polar surface area (TPSA) is 35.2 Å². The zero-order chi connectivity index (χ0) is 12.4. The van der Waals surface area contributed by atoms with Gasteiger partial charge in [0.25, 0.3) is 0 Å². The van der Waals surface area contributed by atoms with Gasteiger partial charge in [-0.2, -0.15) is 0 Å². The Hall–Kier alpha value is -1.74. The van der Waals surface area contributed by atoms with Gasteiger partial charge in [-0.25, -0.2) is 4.39 Å². The number of nitrogens with two attached hydrogens (primary N) is 1. The summed E-state index contributed by atoms with van der Waals surface area (Å²) in [6, 6.07) is 9.70. The molecule has 0 fully saturated rings. The molecule has 0 bridgehead atoms. The number of nitrogen functional groups attached to an aromatic ring is 1. The van der Waals surface area contributed by atoms with Gasteiger partial charge in [0, 0.05) is 11.6 Å². The lowest BCUT2D eigenvalue weighted by atomic mass is 10.0. The number of benzene rings is 2. The molecular formula is C13H11ClFNO. The van der Waals surface area contributed by atoms with Crippen LogP contribution in [0.3, 0.4) is 0 Å². The number of methoxy groups -OCH3 is 1. The first-order valence-corrected chi connectivity index (χ1v) is 5.38. The van der Waals surface area contributed by atoms with Crippen molar-refractivity contribution in [2.24, 2.45) is 0 Å². The second kappa shape index (κ2) is 4.63. The minimum Gasteiger partial charge on any atom is -0.497 e. The van der Waals surface area contributed by atoms with Crippen LogP contribution in [0, 0.1) is 5.82 Å². The summed E-state index contributed by atoms with van der Waals surface area (Å²) in [5.41, 5.74) is 7.27. The monoisotopic (exact) mass is 251 g/mol. The summed E-state index contributed by atoms with van der Waals surface area (Å²) >= 11 is 5.82. The van der Waals surface area contributed by atoms with Crippen LogP contribution >= 0.6 is 11.6 Å². The number of hydrogen-bond donors (Lipinski definition) is 1. The third kappa shape index (κ3) is 2.34. The van der Waals surface area contributed by atoms with Gasteiger partial charge < -0.3 is 10.5 Å². The smallest absolute Gasteiger partial charge is 0.134 e. The number of halogens is 2. The van der Waals surface area contributed by atoms with Gasteiger partial charge >= 0.3 is 0 Å². The first kappa shape index (κ1) is 11.7. The summed E-state index contributed by atoms with van der Waals surface area (Å²) in [4.78, 5) is 0. The maximum absolute atomic E-state index is 13.8. The Morgan fingerprint density at radius 3 is 2.53 bits per heavy atom. The SMILES string of the molecule is COc1ccc(-c2ccc(Cl)c(N)c2)c(F)c1. The van der Waals surface area contributed by atoms with Crippen LogP contribution in [0.5, 0.6) is 5.75 Å². The van der Waals surface area contributed by atoms with Crippen molar-refractivity contribution in [1.82, 2.24) is 0 Å². The maximum atomic E-state index is 13.8. The minimum atomic E-state index is -0.355. The molecule has 0 atom stereocenters. The van der Waals surface area contributed by atoms with E-state index in [-0.39, 0.29) is 5.82 Å². The summed E-state index contributed by atoms with van der Waals surface area (Å²) in [5.74, 6) is 0.124. The van der Waals surface area contributed by atoms with E-state index in [1.165, 1.54) is 13.2 Å². The zero-order valence-electron chi connectivity index (χ0n) is 9.21. The number of hydrogen-bond acceptors (Lipinski definition) is 2. The Kier molecular flexibility index (Phi) is 3.20. The van der Waals surface area contributed by atoms with Crippen molar-refractivity contribution in [2.45, 2.75) is 0 Å². The maximum Gasteiger partial charge on any atom is 0.134 e. The molecule has 0 aliphatic carbocycles. The highest BCUT2D eigenvalue weighted by Crippen LogP contribution is 2.30. The molecule has 2 N–H and O–H groups in total. The summed E-state index contributed by atoms with van der Waals surface area (Å²) in [7, 11) is 1.49. The molecule has 0 aliphatic rings. The fourth-order valence-electron chi connectivity index (χ4n) is 1.57. The van der Waals surface area contributed by atoms with Crippen molar-refractivity contribution >= 4 is 17.3 Å². The van der Waals surface area contributed by atoms with Gasteiger partial charge in [-0.1, -0.05) is 17.7 Å². The van der Waals surface area contributed by atoms with Crippen LogP contribution in [0.25, 0.3) is 11.1 Å². The Morgan fingerprint density at radius 2 is 1.94 bits per heavy atom. The third-order valence-corrected chi connectivity index (χ3v) is 2.83. The van der Waals surface area contributed by atoms with Crippen LogP contribution in [0.1, 0.15) is 0 Å². The lowest BCUT2D eigenvalue weighted by molar-refractivity contribution is 0.411. The predicted molar refractivity (Wildman–Crippen MR) is 67.8 cm³/mol. The molecule has 2 rings (SSSR count). The predicted octanol–water partition coefficient (Wildman–Crippen LogP) is 3.74. The molecule has 0 aliphatic heterocycles. The normalized spacial score (nSPS) is 10.3. The van der Waals surface area contributed by atoms with Crippen LogP contribution in [0.15, 0.2) is 36.4 Å². The molecule has 0 spiro atoms. The van der Waals surface area contributed by atoms with Crippen molar-refractivity contribution < 1.29 is 9.13 Å². The molecular weight excluding hydrogens is 241 g/mol. The number of rotatable bonds is 2. The van der Waals surface area contributed by atoms with Gasteiger partial charge in [-0.05, 0) is 29.8 Å². The summed E-state index contributed by atoms with van der Waals surface area (Å²) in [6.07, 6.45) is 0. The van der Waals surface area contributed by atoms with E-state index in [4.69, 9.17) is 22.1 Å². The molecule has 2 aromatic carbocycles. The Morgan fingerprint density at radius 1 is 1.18 bits per heavy atom. The van der Waals surface area contributed by atoms with Crippen LogP contribution in [0.4, 0.5) is 10.1 Å². The van der Waals surface area contributed by atoms with E-state index in [1.807, 2.05) is 0 Å². The van der Waals surface area contributed by atoms with Crippen molar-refractivity contribution in [3.8, 4) is 16.9 Å². The van der Waals surface area contributed by atoms with Crippen molar-refractivity contribution in [2.75, 3.05) is 12.8 Å². The van der Waals surface area contributed by atoms with Crippen LogP contribution in [-0.2, 0) is 0 Å². The second-order valence-corrected chi connectivity index (χ2v) is 3.99. The van der Waals surface area contributed by atoms with E-state index in [0.29, 0.717) is 27.6 Å². The molecule has 0 radical (unpaired) electrons. The Balaban J connectivity index is 2.49. The molecule has 0 unspecified atom stereocenters. The molecule has 0 saturated heterocycles. The minimum absolute atomic E-state index is 0.355. The van der Waals surface area contributed by atoms with Crippen molar-refractivity contribution in [3.63, 3.8) is 0 Å². The third-order valence-electron chi connectivity index (χ3n) is 2.48. The van der Waals surface area contributed by atoms with Gasteiger partial charge in [0.1, 0.15) is 11.6 Å². The molecule has 0 saturated carbocycles. The Bertz CT molecular complexity index is 557. The molecule has 4 heteroatoms. The standard InChI is InChI=1S/C13H11ClFNO/c1-17-9-3-4-10(12(15)7-9)8-2-5-11(14)13(16)6-8/h2-7H,16H2,1H3. The van der Waals surface area contributed by atoms with Gasteiger partial charge in [0.2, 0.25) is 0 Å². The summed E-state index contributed by atoms with van der Waals surface area (Å²) < 4.78 is 18.7. The van der Waals surface area contributed by atoms with E-state index < -0.39 is 0 Å². The molecule has 0 amide bonds. The fraction of sp³-hybridized carbons (Fsp3) is 0.0769. The highest BCUT2D eigenvalue weighted by atomic mass is 35.5. The van der Waals surface area contributed by atoms with E-state index in [9.17, 15) is 4.39 Å². The lowest BCUT2D eigenvalue weighted by Crippen LogP contribution is -1.90. The van der Waals surface area contributed by atoms with Crippen molar-refractivity contribution in [1.29, 1.82) is 0 Å². The number of ether oxygens (including phenoxy) is 1. The van der Waals surface area contributed by atoms with Crippen molar-refractivity contribution in [3.05, 3.63) is 47.2 Å². The first-order chi connectivity index (χ1) is 8.11. The summed E-state index contributed by atoms with van der Waals surface area (Å²) in [5, 5.41) is 0.461. The van der Waals surface area contributed by atoms with E-state index in [2.05, 4.69) is 0 Å². The number of anilines is 1. The molecule has 2 aromatic rings. The highest BCUT2D eigenvalue weighted by Gasteiger charge is 2.07. The largest absolute Gasteiger partial charge is 0.497 e.